The first kappa shape index (κ1) is 15.0. The van der Waals surface area contributed by atoms with Crippen molar-refractivity contribution >= 4 is 5.69 Å². The van der Waals surface area contributed by atoms with Gasteiger partial charge in [0.05, 0.1) is 12.2 Å². The predicted octanol–water partition coefficient (Wildman–Crippen LogP) is 1.85. The Morgan fingerprint density at radius 2 is 1.64 bits per heavy atom. The Morgan fingerprint density at radius 1 is 0.955 bits per heavy atom. The highest BCUT2D eigenvalue weighted by Gasteiger charge is 2.32. The summed E-state index contributed by atoms with van der Waals surface area (Å²) in [5.41, 5.74) is 3.47. The van der Waals surface area contributed by atoms with E-state index in [1.165, 1.54) is 11.1 Å². The molecule has 0 amide bonds. The molecule has 1 aliphatic heterocycles. The van der Waals surface area contributed by atoms with Crippen LogP contribution in [0.15, 0.2) is 54.6 Å². The lowest BCUT2D eigenvalue weighted by Gasteiger charge is -2.16. The molecule has 0 bridgehead atoms. The molecule has 2 aromatic rings. The smallest absolute Gasteiger partial charge is 0.0964 e. The molecule has 0 unspecified atom stereocenters. The Morgan fingerprint density at radius 3 is 2.27 bits per heavy atom. The Labute approximate surface area is 130 Å². The number of β-amino-alcohol motifs (C(OH)–C–C–N with tert-alkyl or cyclic N) is 1. The third kappa shape index (κ3) is 3.47. The molecule has 0 saturated carbocycles. The number of aliphatic hydroxyl groups is 2. The minimum Gasteiger partial charge on any atom is -0.389 e. The van der Waals surface area contributed by atoms with E-state index in [4.69, 9.17) is 0 Å². The van der Waals surface area contributed by atoms with Crippen LogP contribution in [-0.4, -0.2) is 41.6 Å². The third-order valence-electron chi connectivity index (χ3n) is 4.17. The molecule has 0 aliphatic carbocycles. The largest absolute Gasteiger partial charge is 0.389 e. The molecule has 1 saturated heterocycles. The van der Waals surface area contributed by atoms with Crippen LogP contribution < -0.4 is 10.6 Å². The lowest BCUT2D eigenvalue weighted by molar-refractivity contribution is 0.0399. The molecule has 116 valence electrons. The van der Waals surface area contributed by atoms with Gasteiger partial charge in [-0.2, -0.15) is 0 Å². The molecular weight excluding hydrogens is 276 g/mol. The van der Waals surface area contributed by atoms with E-state index in [-0.39, 0.29) is 6.04 Å². The topological polar surface area (TPSA) is 64.5 Å². The van der Waals surface area contributed by atoms with Crippen LogP contribution >= 0.6 is 0 Å². The molecular formula is C18H22N2O2. The molecule has 4 heteroatoms. The van der Waals surface area contributed by atoms with Crippen LogP contribution in [0.5, 0.6) is 0 Å². The van der Waals surface area contributed by atoms with E-state index in [1.54, 1.807) is 0 Å². The first-order valence-electron chi connectivity index (χ1n) is 7.73. The normalized spacial score (nSPS) is 24.4. The van der Waals surface area contributed by atoms with Gasteiger partial charge in [-0.15, -0.1) is 0 Å². The zero-order valence-corrected chi connectivity index (χ0v) is 12.4. The van der Waals surface area contributed by atoms with Crippen molar-refractivity contribution in [3.8, 4) is 11.1 Å². The fraction of sp³-hybridized carbons (Fsp3) is 0.333. The van der Waals surface area contributed by atoms with Crippen molar-refractivity contribution in [2.45, 2.75) is 24.7 Å². The Bertz CT molecular complexity index is 586. The van der Waals surface area contributed by atoms with E-state index in [1.807, 2.05) is 18.2 Å². The van der Waals surface area contributed by atoms with Gasteiger partial charge in [0.25, 0.3) is 0 Å². The monoisotopic (exact) mass is 298 g/mol. The summed E-state index contributed by atoms with van der Waals surface area (Å²) in [5.74, 6) is 0. The first-order valence-corrected chi connectivity index (χ1v) is 7.73. The van der Waals surface area contributed by atoms with Crippen LogP contribution in [-0.2, 0) is 0 Å². The summed E-state index contributed by atoms with van der Waals surface area (Å²) in [6, 6.07) is 18.6. The molecule has 4 nitrogen and oxygen atoms in total. The Hall–Kier alpha value is -1.88. The molecule has 0 radical (unpaired) electrons. The van der Waals surface area contributed by atoms with E-state index < -0.39 is 12.2 Å². The number of anilines is 1. The summed E-state index contributed by atoms with van der Waals surface area (Å²) >= 11 is 0. The summed E-state index contributed by atoms with van der Waals surface area (Å²) in [6.07, 6.45) is -0.531. The molecule has 3 atom stereocenters. The number of aliphatic hydroxyl groups excluding tert-OH is 2. The molecule has 22 heavy (non-hydrogen) atoms. The minimum atomic E-state index is -0.665. The van der Waals surface area contributed by atoms with Gasteiger partial charge in [-0.25, -0.2) is 0 Å². The number of hydrogen-bond donors (Lipinski definition) is 4. The minimum absolute atomic E-state index is 0.0360. The van der Waals surface area contributed by atoms with Crippen LogP contribution in [0.3, 0.4) is 0 Å². The summed E-state index contributed by atoms with van der Waals surface area (Å²) < 4.78 is 0. The number of rotatable bonds is 5. The van der Waals surface area contributed by atoms with Gasteiger partial charge in [0.2, 0.25) is 0 Å². The van der Waals surface area contributed by atoms with Gasteiger partial charge in [0, 0.05) is 24.8 Å². The van der Waals surface area contributed by atoms with Gasteiger partial charge in [-0.05, 0) is 29.7 Å². The lowest BCUT2D eigenvalue weighted by Crippen LogP contribution is -2.34. The summed E-state index contributed by atoms with van der Waals surface area (Å²) in [6.45, 7) is 1.23. The highest BCUT2D eigenvalue weighted by atomic mass is 16.3. The van der Waals surface area contributed by atoms with Crippen LogP contribution in [0.1, 0.15) is 6.42 Å². The number of hydrogen-bond acceptors (Lipinski definition) is 4. The molecule has 2 aromatic carbocycles. The van der Waals surface area contributed by atoms with Crippen molar-refractivity contribution in [3.05, 3.63) is 54.6 Å². The maximum absolute atomic E-state index is 9.78. The molecule has 3 rings (SSSR count). The third-order valence-corrected chi connectivity index (χ3v) is 4.17. The van der Waals surface area contributed by atoms with Gasteiger partial charge < -0.3 is 20.8 Å². The van der Waals surface area contributed by atoms with E-state index in [0.29, 0.717) is 6.54 Å². The molecule has 0 spiro atoms. The van der Waals surface area contributed by atoms with Crippen LogP contribution in [0.2, 0.25) is 0 Å². The summed E-state index contributed by atoms with van der Waals surface area (Å²) in [5, 5.41) is 25.8. The van der Waals surface area contributed by atoms with Crippen molar-refractivity contribution < 1.29 is 10.2 Å². The van der Waals surface area contributed by atoms with Gasteiger partial charge in [0.15, 0.2) is 0 Å². The SMILES string of the molecule is O[C@@H]1[C@H](CCNc2ccc(-c3ccccc3)cc2)NC[C@@H]1O. The van der Waals surface area contributed by atoms with Gasteiger partial charge in [-0.1, -0.05) is 42.5 Å². The Balaban J connectivity index is 1.51. The van der Waals surface area contributed by atoms with Crippen molar-refractivity contribution in [1.29, 1.82) is 0 Å². The zero-order chi connectivity index (χ0) is 15.4. The molecule has 4 N–H and O–H groups in total. The average molecular weight is 298 g/mol. The maximum atomic E-state index is 9.78. The van der Waals surface area contributed by atoms with E-state index in [9.17, 15) is 10.2 Å². The van der Waals surface area contributed by atoms with Crippen LogP contribution in [0, 0.1) is 0 Å². The van der Waals surface area contributed by atoms with E-state index in [0.717, 1.165) is 18.7 Å². The fourth-order valence-corrected chi connectivity index (χ4v) is 2.84. The zero-order valence-electron chi connectivity index (χ0n) is 12.4. The molecule has 1 fully saturated rings. The molecule has 1 aliphatic rings. The van der Waals surface area contributed by atoms with Crippen LogP contribution in [0.25, 0.3) is 11.1 Å². The fourth-order valence-electron chi connectivity index (χ4n) is 2.84. The standard InChI is InChI=1S/C18H22N2O2/c21-17-12-20-16(18(17)22)10-11-19-15-8-6-14(7-9-15)13-4-2-1-3-5-13/h1-9,16-22H,10-12H2/t16-,17-,18+/m0/s1. The van der Waals surface area contributed by atoms with Crippen molar-refractivity contribution in [3.63, 3.8) is 0 Å². The highest BCUT2D eigenvalue weighted by Crippen LogP contribution is 2.21. The van der Waals surface area contributed by atoms with Crippen molar-refractivity contribution in [2.24, 2.45) is 0 Å². The van der Waals surface area contributed by atoms with Gasteiger partial charge >= 0.3 is 0 Å². The molecule has 1 heterocycles. The van der Waals surface area contributed by atoms with Gasteiger partial charge in [-0.3, -0.25) is 0 Å². The molecule has 0 aromatic heterocycles. The number of nitrogens with one attached hydrogen (secondary N) is 2. The van der Waals surface area contributed by atoms with Gasteiger partial charge in [0.1, 0.15) is 0 Å². The quantitative estimate of drug-likeness (QED) is 0.680. The average Bonchev–Trinajstić information content (AvgIpc) is 2.88. The lowest BCUT2D eigenvalue weighted by atomic mass is 10.1. The number of benzene rings is 2. The maximum Gasteiger partial charge on any atom is 0.0964 e. The summed E-state index contributed by atoms with van der Waals surface area (Å²) in [4.78, 5) is 0. The van der Waals surface area contributed by atoms with Crippen molar-refractivity contribution in [2.75, 3.05) is 18.4 Å². The van der Waals surface area contributed by atoms with Crippen molar-refractivity contribution in [1.82, 2.24) is 5.32 Å². The second kappa shape index (κ2) is 6.92. The Kier molecular flexibility index (Phi) is 4.73. The predicted molar refractivity (Wildman–Crippen MR) is 88.8 cm³/mol. The second-order valence-electron chi connectivity index (χ2n) is 5.73. The van der Waals surface area contributed by atoms with E-state index >= 15 is 0 Å². The highest BCUT2D eigenvalue weighted by molar-refractivity contribution is 5.65. The van der Waals surface area contributed by atoms with E-state index in [2.05, 4.69) is 47.0 Å². The van der Waals surface area contributed by atoms with Crippen LogP contribution in [0.4, 0.5) is 5.69 Å². The first-order chi connectivity index (χ1) is 10.7. The summed E-state index contributed by atoms with van der Waals surface area (Å²) in [7, 11) is 0. The second-order valence-corrected chi connectivity index (χ2v) is 5.73.